The monoisotopic (exact) mass is 389 g/mol. The Kier molecular flexibility index (Phi) is 4.81. The van der Waals surface area contributed by atoms with E-state index in [2.05, 4.69) is 30.7 Å². The fourth-order valence-electron chi connectivity index (χ4n) is 2.84. The van der Waals surface area contributed by atoms with E-state index in [1.54, 1.807) is 18.2 Å². The van der Waals surface area contributed by atoms with Gasteiger partial charge in [-0.2, -0.15) is 5.10 Å². The molecule has 0 bridgehead atoms. The fourth-order valence-corrected chi connectivity index (χ4v) is 2.84. The number of carboxylic acids is 1. The molecule has 29 heavy (non-hydrogen) atoms. The van der Waals surface area contributed by atoms with Crippen molar-refractivity contribution in [2.45, 2.75) is 6.54 Å². The number of aromatic carboxylic acids is 1. The lowest BCUT2D eigenvalue weighted by Crippen LogP contribution is -2.17. The molecule has 10 heteroatoms. The molecule has 10 nitrogen and oxygen atoms in total. The summed E-state index contributed by atoms with van der Waals surface area (Å²) in [6.07, 6.45) is 0. The molecule has 144 valence electrons. The Bertz CT molecular complexity index is 1200. The predicted molar refractivity (Wildman–Crippen MR) is 104 cm³/mol. The average Bonchev–Trinajstić information content (AvgIpc) is 3.21. The van der Waals surface area contributed by atoms with Gasteiger partial charge < -0.3 is 16.3 Å². The Morgan fingerprint density at radius 3 is 2.34 bits per heavy atom. The van der Waals surface area contributed by atoms with E-state index in [9.17, 15) is 9.90 Å². The molecule has 4 aromatic rings. The van der Waals surface area contributed by atoms with Gasteiger partial charge in [0.05, 0.1) is 5.56 Å². The van der Waals surface area contributed by atoms with Gasteiger partial charge in [0, 0.05) is 12.1 Å². The van der Waals surface area contributed by atoms with Gasteiger partial charge in [-0.3, -0.25) is 0 Å². The van der Waals surface area contributed by atoms with E-state index in [4.69, 9.17) is 10.5 Å². The number of nitrogens with two attached hydrogens (primary N) is 1. The number of carbonyl (C=O) groups is 1. The van der Waals surface area contributed by atoms with Crippen molar-refractivity contribution in [1.82, 2.24) is 20.3 Å². The molecule has 0 aliphatic rings. The summed E-state index contributed by atoms with van der Waals surface area (Å²) in [7, 11) is 0. The fraction of sp³-hybridized carbons (Fsp3) is 0.0526. The minimum Gasteiger partial charge on any atom is -0.478 e. The molecular weight excluding hydrogens is 374 g/mol. The lowest BCUT2D eigenvalue weighted by atomic mass is 10.0. The Labute approximate surface area is 164 Å². The van der Waals surface area contributed by atoms with E-state index in [0.29, 0.717) is 17.9 Å². The second kappa shape index (κ2) is 7.72. The van der Waals surface area contributed by atoms with E-state index in [1.165, 1.54) is 6.07 Å². The predicted octanol–water partition coefficient (Wildman–Crippen LogP) is 2.03. The van der Waals surface area contributed by atoms with Gasteiger partial charge in [0.25, 0.3) is 0 Å². The van der Waals surface area contributed by atoms with Gasteiger partial charge in [-0.15, -0.1) is 0 Å². The van der Waals surface area contributed by atoms with Crippen molar-refractivity contribution < 1.29 is 14.5 Å². The first-order valence-electron chi connectivity index (χ1n) is 8.56. The third kappa shape index (κ3) is 3.58. The Morgan fingerprint density at radius 2 is 1.66 bits per heavy atom. The Balaban J connectivity index is 1.82. The van der Waals surface area contributed by atoms with Crippen molar-refractivity contribution in [2.75, 3.05) is 5.32 Å². The summed E-state index contributed by atoms with van der Waals surface area (Å²) in [6, 6.07) is 16.0. The van der Waals surface area contributed by atoms with Crippen LogP contribution in [0.25, 0.3) is 11.3 Å². The summed E-state index contributed by atoms with van der Waals surface area (Å²) >= 11 is 0. The lowest BCUT2D eigenvalue weighted by Gasteiger charge is -2.13. The number of hydrogen-bond acceptors (Lipinski definition) is 9. The van der Waals surface area contributed by atoms with Crippen LogP contribution in [0.5, 0.6) is 0 Å². The smallest absolute Gasteiger partial charge is 0.336 e. The van der Waals surface area contributed by atoms with Crippen molar-refractivity contribution in [2.24, 2.45) is 10.9 Å². The first kappa shape index (κ1) is 18.0. The SMILES string of the molecule is NN=C(c1ccccc1C(=O)O)c1nc2nonc2nc1NCc1ccccc1. The molecule has 0 unspecified atom stereocenters. The number of nitrogens with one attached hydrogen (secondary N) is 1. The van der Waals surface area contributed by atoms with Gasteiger partial charge in [0.15, 0.2) is 5.82 Å². The van der Waals surface area contributed by atoms with Crippen molar-refractivity contribution in [3.63, 3.8) is 0 Å². The summed E-state index contributed by atoms with van der Waals surface area (Å²) in [4.78, 5) is 20.4. The number of benzene rings is 2. The van der Waals surface area contributed by atoms with E-state index in [1.807, 2.05) is 30.3 Å². The highest BCUT2D eigenvalue weighted by atomic mass is 16.6. The zero-order chi connectivity index (χ0) is 20.2. The standard InChI is InChI=1S/C19H15N7O3/c20-24-14(12-8-4-5-9-13(12)19(27)28)15-16(21-10-11-6-2-1-3-7-11)23-18-17(22-15)25-29-26-18/h1-9H,10,20H2,(H,27,28)(H,21,23,26). The van der Waals surface area contributed by atoms with Crippen LogP contribution < -0.4 is 11.2 Å². The number of fused-ring (bicyclic) bond motifs is 1. The molecule has 0 amide bonds. The van der Waals surface area contributed by atoms with E-state index >= 15 is 0 Å². The molecule has 0 aliphatic heterocycles. The molecule has 4 N–H and O–H groups in total. The quantitative estimate of drug-likeness (QED) is 0.255. The zero-order valence-electron chi connectivity index (χ0n) is 15.0. The average molecular weight is 389 g/mol. The van der Waals surface area contributed by atoms with Gasteiger partial charge >= 0.3 is 5.97 Å². The largest absolute Gasteiger partial charge is 0.478 e. The van der Waals surface area contributed by atoms with Crippen LogP contribution in [0, 0.1) is 0 Å². The molecule has 2 aromatic carbocycles. The number of aromatic nitrogens is 4. The van der Waals surface area contributed by atoms with E-state index in [0.717, 1.165) is 5.56 Å². The molecule has 2 heterocycles. The highest BCUT2D eigenvalue weighted by molar-refractivity contribution is 6.18. The second-order valence-electron chi connectivity index (χ2n) is 6.00. The van der Waals surface area contributed by atoms with Gasteiger partial charge in [0.1, 0.15) is 11.4 Å². The van der Waals surface area contributed by atoms with Crippen molar-refractivity contribution in [1.29, 1.82) is 0 Å². The van der Waals surface area contributed by atoms with E-state index in [-0.39, 0.29) is 28.3 Å². The summed E-state index contributed by atoms with van der Waals surface area (Å²) in [5.41, 5.74) is 2.08. The maximum atomic E-state index is 11.7. The number of anilines is 1. The minimum absolute atomic E-state index is 0.0332. The molecule has 0 saturated carbocycles. The van der Waals surface area contributed by atoms with Crippen LogP contribution >= 0.6 is 0 Å². The maximum absolute atomic E-state index is 11.7. The number of nitrogens with zero attached hydrogens (tertiary/aromatic N) is 5. The third-order valence-electron chi connectivity index (χ3n) is 4.18. The molecule has 4 rings (SSSR count). The molecule has 0 atom stereocenters. The topological polar surface area (TPSA) is 152 Å². The van der Waals surface area contributed by atoms with Crippen LogP contribution in [0.4, 0.5) is 5.82 Å². The van der Waals surface area contributed by atoms with Crippen molar-refractivity contribution in [3.8, 4) is 0 Å². The first-order chi connectivity index (χ1) is 14.2. The summed E-state index contributed by atoms with van der Waals surface area (Å²) in [5.74, 6) is 4.85. The van der Waals surface area contributed by atoms with Crippen LogP contribution in [0.3, 0.4) is 0 Å². The van der Waals surface area contributed by atoms with Crippen LogP contribution in [0.2, 0.25) is 0 Å². The van der Waals surface area contributed by atoms with Gasteiger partial charge in [0.2, 0.25) is 11.3 Å². The highest BCUT2D eigenvalue weighted by Gasteiger charge is 2.22. The van der Waals surface area contributed by atoms with Crippen LogP contribution in [0.15, 0.2) is 64.3 Å². The molecule has 0 radical (unpaired) electrons. The van der Waals surface area contributed by atoms with Crippen molar-refractivity contribution >= 4 is 28.8 Å². The molecule has 0 spiro atoms. The normalized spacial score (nSPS) is 11.5. The molecule has 0 saturated heterocycles. The minimum atomic E-state index is -1.11. The summed E-state index contributed by atoms with van der Waals surface area (Å²) in [5, 5.41) is 23.9. The molecule has 0 fully saturated rings. The Morgan fingerprint density at radius 1 is 1.00 bits per heavy atom. The molecule has 0 aliphatic carbocycles. The number of rotatable bonds is 6. The van der Waals surface area contributed by atoms with E-state index < -0.39 is 5.97 Å². The third-order valence-corrected chi connectivity index (χ3v) is 4.18. The van der Waals surface area contributed by atoms with Gasteiger partial charge in [-0.05, 0) is 21.9 Å². The second-order valence-corrected chi connectivity index (χ2v) is 6.00. The number of hydrogen-bond donors (Lipinski definition) is 3. The first-order valence-corrected chi connectivity index (χ1v) is 8.56. The summed E-state index contributed by atoms with van der Waals surface area (Å²) < 4.78 is 4.70. The number of carboxylic acid groups (broad SMARTS) is 1. The van der Waals surface area contributed by atoms with Crippen LogP contribution in [-0.4, -0.2) is 37.1 Å². The van der Waals surface area contributed by atoms with Gasteiger partial charge in [-0.25, -0.2) is 19.4 Å². The van der Waals surface area contributed by atoms with Crippen molar-refractivity contribution in [3.05, 3.63) is 77.0 Å². The zero-order valence-corrected chi connectivity index (χ0v) is 15.0. The Hall–Kier alpha value is -4.34. The molecular formula is C19H15N7O3. The highest BCUT2D eigenvalue weighted by Crippen LogP contribution is 2.22. The van der Waals surface area contributed by atoms with Crippen LogP contribution in [-0.2, 0) is 6.54 Å². The lowest BCUT2D eigenvalue weighted by molar-refractivity contribution is 0.0696. The van der Waals surface area contributed by atoms with Crippen LogP contribution in [0.1, 0.15) is 27.2 Å². The molecule has 2 aromatic heterocycles. The number of hydrazone groups is 1. The summed E-state index contributed by atoms with van der Waals surface area (Å²) in [6.45, 7) is 0.442. The van der Waals surface area contributed by atoms with Gasteiger partial charge in [-0.1, -0.05) is 48.5 Å². The maximum Gasteiger partial charge on any atom is 0.336 e.